The molecule has 0 N–H and O–H groups in total. The highest BCUT2D eigenvalue weighted by molar-refractivity contribution is 6.36. The fraction of sp³-hybridized carbons (Fsp3) is 0.250. The summed E-state index contributed by atoms with van der Waals surface area (Å²) in [6.07, 6.45) is 0. The van der Waals surface area contributed by atoms with Crippen LogP contribution in [0.1, 0.15) is 29.0 Å². The number of ether oxygens (including phenoxy) is 1. The van der Waals surface area contributed by atoms with Crippen molar-refractivity contribution in [1.29, 1.82) is 0 Å². The highest BCUT2D eigenvalue weighted by atomic mass is 35.5. The van der Waals surface area contributed by atoms with Crippen LogP contribution in [0.2, 0.25) is 15.1 Å². The minimum absolute atomic E-state index is 0.427. The highest BCUT2D eigenvalue weighted by Crippen LogP contribution is 2.40. The van der Waals surface area contributed by atoms with Gasteiger partial charge in [0.2, 0.25) is 0 Å². The van der Waals surface area contributed by atoms with Crippen molar-refractivity contribution in [3.8, 4) is 5.75 Å². The van der Waals surface area contributed by atoms with Gasteiger partial charge < -0.3 is 4.74 Å². The Labute approximate surface area is 144 Å². The van der Waals surface area contributed by atoms with Crippen LogP contribution in [0.3, 0.4) is 0 Å². The summed E-state index contributed by atoms with van der Waals surface area (Å²) < 4.78 is 5.41. The van der Waals surface area contributed by atoms with Gasteiger partial charge in [-0.3, -0.25) is 0 Å². The largest absolute Gasteiger partial charge is 0.492 e. The standard InChI is InChI=1S/C16H14Cl4O/c1-3-21-15-8-13(18)11(7-14(15)19)16(20)10-5-4-9(2)12(17)6-10/h4-8,16H,3H2,1-2H3. The molecule has 0 saturated carbocycles. The van der Waals surface area contributed by atoms with Crippen LogP contribution in [0.25, 0.3) is 0 Å². The minimum atomic E-state index is -0.427. The van der Waals surface area contributed by atoms with Gasteiger partial charge in [-0.2, -0.15) is 0 Å². The van der Waals surface area contributed by atoms with Crippen molar-refractivity contribution in [1.82, 2.24) is 0 Å². The van der Waals surface area contributed by atoms with Crippen molar-refractivity contribution in [2.45, 2.75) is 19.2 Å². The van der Waals surface area contributed by atoms with Crippen LogP contribution in [0.5, 0.6) is 5.75 Å². The monoisotopic (exact) mass is 362 g/mol. The fourth-order valence-electron chi connectivity index (χ4n) is 1.95. The van der Waals surface area contributed by atoms with Gasteiger partial charge in [-0.05, 0) is 42.7 Å². The molecule has 5 heteroatoms. The Bertz CT molecular complexity index is 655. The normalized spacial score (nSPS) is 12.3. The first kappa shape index (κ1) is 16.8. The second kappa shape index (κ2) is 7.11. The average molecular weight is 364 g/mol. The molecule has 0 bridgehead atoms. The molecule has 0 fully saturated rings. The van der Waals surface area contributed by atoms with E-state index in [9.17, 15) is 0 Å². The molecule has 1 nitrogen and oxygen atoms in total. The molecule has 2 aromatic rings. The zero-order valence-electron chi connectivity index (χ0n) is 11.6. The van der Waals surface area contributed by atoms with E-state index in [0.29, 0.717) is 27.4 Å². The fourth-order valence-corrected chi connectivity index (χ4v) is 3.00. The number of rotatable bonds is 4. The zero-order chi connectivity index (χ0) is 15.6. The molecule has 112 valence electrons. The Kier molecular flexibility index (Phi) is 5.67. The predicted molar refractivity (Wildman–Crippen MR) is 91.5 cm³/mol. The molecule has 0 aliphatic heterocycles. The molecule has 0 heterocycles. The van der Waals surface area contributed by atoms with Crippen molar-refractivity contribution in [2.75, 3.05) is 6.61 Å². The molecule has 0 radical (unpaired) electrons. The van der Waals surface area contributed by atoms with Gasteiger partial charge in [0.1, 0.15) is 5.75 Å². The average Bonchev–Trinajstić information content (AvgIpc) is 2.45. The Morgan fingerprint density at radius 3 is 2.33 bits per heavy atom. The Morgan fingerprint density at radius 2 is 1.71 bits per heavy atom. The SMILES string of the molecule is CCOc1cc(Cl)c(C(Cl)c2ccc(C)c(Cl)c2)cc1Cl. The van der Waals surface area contributed by atoms with E-state index < -0.39 is 5.38 Å². The van der Waals surface area contributed by atoms with Crippen LogP contribution in [0.15, 0.2) is 30.3 Å². The predicted octanol–water partition coefficient (Wildman–Crippen LogP) is 6.68. The van der Waals surface area contributed by atoms with E-state index in [2.05, 4.69) is 0 Å². The topological polar surface area (TPSA) is 9.23 Å². The third kappa shape index (κ3) is 3.78. The lowest BCUT2D eigenvalue weighted by Gasteiger charge is -2.15. The number of hydrogen-bond acceptors (Lipinski definition) is 1. The summed E-state index contributed by atoms with van der Waals surface area (Å²) in [7, 11) is 0. The van der Waals surface area contributed by atoms with Crippen LogP contribution in [-0.4, -0.2) is 6.61 Å². The van der Waals surface area contributed by atoms with Crippen LogP contribution >= 0.6 is 46.4 Å². The molecular weight excluding hydrogens is 350 g/mol. The molecule has 0 spiro atoms. The maximum Gasteiger partial charge on any atom is 0.139 e. The molecule has 0 aliphatic carbocycles. The smallest absolute Gasteiger partial charge is 0.139 e. The summed E-state index contributed by atoms with van der Waals surface area (Å²) in [5.74, 6) is 0.554. The lowest BCUT2D eigenvalue weighted by Crippen LogP contribution is -1.98. The second-order valence-corrected chi connectivity index (χ2v) is 6.27. The molecule has 1 atom stereocenters. The number of hydrogen-bond donors (Lipinski definition) is 0. The minimum Gasteiger partial charge on any atom is -0.492 e. The van der Waals surface area contributed by atoms with E-state index in [1.165, 1.54) is 0 Å². The third-order valence-electron chi connectivity index (χ3n) is 3.11. The molecule has 2 rings (SSSR count). The van der Waals surface area contributed by atoms with E-state index >= 15 is 0 Å². The first-order chi connectivity index (χ1) is 9.93. The maximum absolute atomic E-state index is 6.52. The molecule has 0 aromatic heterocycles. The summed E-state index contributed by atoms with van der Waals surface area (Å²) in [6.45, 7) is 4.35. The quantitative estimate of drug-likeness (QED) is 0.550. The Hall–Kier alpha value is -0.600. The number of aryl methyl sites for hydroxylation is 1. The first-order valence-electron chi connectivity index (χ1n) is 6.46. The van der Waals surface area contributed by atoms with Crippen molar-refractivity contribution in [2.24, 2.45) is 0 Å². The van der Waals surface area contributed by atoms with E-state index in [1.807, 2.05) is 32.0 Å². The number of alkyl halides is 1. The van der Waals surface area contributed by atoms with Crippen molar-refractivity contribution < 1.29 is 4.74 Å². The number of benzene rings is 2. The molecule has 1 unspecified atom stereocenters. The summed E-state index contributed by atoms with van der Waals surface area (Å²) in [5, 5.41) is 1.25. The Morgan fingerprint density at radius 1 is 1.00 bits per heavy atom. The van der Waals surface area contributed by atoms with Gasteiger partial charge in [-0.25, -0.2) is 0 Å². The van der Waals surface area contributed by atoms with Gasteiger partial charge in [0, 0.05) is 16.1 Å². The van der Waals surface area contributed by atoms with Crippen molar-refractivity contribution >= 4 is 46.4 Å². The van der Waals surface area contributed by atoms with E-state index in [4.69, 9.17) is 51.1 Å². The van der Waals surface area contributed by atoms with Gasteiger partial charge in [-0.15, -0.1) is 11.6 Å². The molecule has 0 amide bonds. The van der Waals surface area contributed by atoms with Gasteiger partial charge in [0.25, 0.3) is 0 Å². The van der Waals surface area contributed by atoms with Crippen molar-refractivity contribution in [3.63, 3.8) is 0 Å². The summed E-state index contributed by atoms with van der Waals surface area (Å²) in [4.78, 5) is 0. The van der Waals surface area contributed by atoms with E-state index in [-0.39, 0.29) is 0 Å². The molecule has 2 aromatic carbocycles. The van der Waals surface area contributed by atoms with Crippen molar-refractivity contribution in [3.05, 3.63) is 62.1 Å². The van der Waals surface area contributed by atoms with Gasteiger partial charge >= 0.3 is 0 Å². The number of halogens is 4. The lowest BCUT2D eigenvalue weighted by atomic mass is 10.0. The van der Waals surface area contributed by atoms with Gasteiger partial charge in [0.15, 0.2) is 0 Å². The lowest BCUT2D eigenvalue weighted by molar-refractivity contribution is 0.340. The molecule has 21 heavy (non-hydrogen) atoms. The third-order valence-corrected chi connectivity index (χ3v) is 4.63. The first-order valence-corrected chi connectivity index (χ1v) is 8.03. The summed E-state index contributed by atoms with van der Waals surface area (Å²) in [5.41, 5.74) is 2.60. The molecule has 0 saturated heterocycles. The zero-order valence-corrected chi connectivity index (χ0v) is 14.6. The van der Waals surface area contributed by atoms with Gasteiger partial charge in [0.05, 0.1) is 17.0 Å². The summed E-state index contributed by atoms with van der Waals surface area (Å²) in [6, 6.07) is 9.13. The van der Waals surface area contributed by atoms with E-state index in [1.54, 1.807) is 12.1 Å². The van der Waals surface area contributed by atoms with Crippen LogP contribution < -0.4 is 4.74 Å². The maximum atomic E-state index is 6.52. The van der Waals surface area contributed by atoms with Gasteiger partial charge in [-0.1, -0.05) is 46.9 Å². The highest BCUT2D eigenvalue weighted by Gasteiger charge is 2.18. The van der Waals surface area contributed by atoms with Crippen LogP contribution in [0.4, 0.5) is 0 Å². The second-order valence-electron chi connectivity index (χ2n) is 4.61. The van der Waals surface area contributed by atoms with E-state index in [0.717, 1.165) is 16.7 Å². The Balaban J connectivity index is 2.40. The van der Waals surface area contributed by atoms with Crippen LogP contribution in [-0.2, 0) is 0 Å². The molecular formula is C16H14Cl4O. The van der Waals surface area contributed by atoms with Crippen LogP contribution in [0, 0.1) is 6.92 Å². The molecule has 0 aliphatic rings. The summed E-state index contributed by atoms with van der Waals surface area (Å²) >= 11 is 25.2.